The Labute approximate surface area is 98.0 Å². The predicted octanol–water partition coefficient (Wildman–Crippen LogP) is 4.30. The fraction of sp³-hybridized carbons (Fsp3) is 1.00. The van der Waals surface area contributed by atoms with Crippen LogP contribution >= 0.6 is 23.5 Å². The Kier molecular flexibility index (Phi) is 3.91. The van der Waals surface area contributed by atoms with Crippen LogP contribution in [0.25, 0.3) is 0 Å². The van der Waals surface area contributed by atoms with E-state index in [1.54, 1.807) is 0 Å². The molecule has 84 valence electrons. The lowest BCUT2D eigenvalue weighted by atomic mass is 9.80. The molecule has 1 fully saturated rings. The third-order valence-electron chi connectivity index (χ3n) is 2.66. The molecule has 0 aromatic carbocycles. The summed E-state index contributed by atoms with van der Waals surface area (Å²) in [4.78, 5) is 0. The van der Waals surface area contributed by atoms with Crippen LogP contribution in [0, 0.1) is 10.8 Å². The van der Waals surface area contributed by atoms with Gasteiger partial charge in [-0.1, -0.05) is 41.5 Å². The van der Waals surface area contributed by atoms with E-state index in [2.05, 4.69) is 65.1 Å². The first-order chi connectivity index (χ1) is 6.23. The third-order valence-corrected chi connectivity index (χ3v) is 6.65. The second-order valence-corrected chi connectivity index (χ2v) is 8.81. The highest BCUT2D eigenvalue weighted by molar-refractivity contribution is 8.07. The lowest BCUT2D eigenvalue weighted by Crippen LogP contribution is -2.43. The van der Waals surface area contributed by atoms with Crippen molar-refractivity contribution in [2.24, 2.45) is 10.8 Å². The van der Waals surface area contributed by atoms with Gasteiger partial charge in [0.2, 0.25) is 0 Å². The SMILES string of the molecule is CC(C)(C)C1SCCSC1C(C)(C)C. The van der Waals surface area contributed by atoms with Gasteiger partial charge in [0.15, 0.2) is 0 Å². The molecule has 1 aliphatic rings. The van der Waals surface area contributed by atoms with E-state index in [0.29, 0.717) is 10.8 Å². The summed E-state index contributed by atoms with van der Waals surface area (Å²) in [5.74, 6) is 2.67. The van der Waals surface area contributed by atoms with Gasteiger partial charge >= 0.3 is 0 Å². The Morgan fingerprint density at radius 2 is 1.00 bits per heavy atom. The van der Waals surface area contributed by atoms with E-state index < -0.39 is 0 Å². The van der Waals surface area contributed by atoms with Gasteiger partial charge in [-0.3, -0.25) is 0 Å². The fourth-order valence-electron chi connectivity index (χ4n) is 1.93. The molecule has 2 atom stereocenters. The monoisotopic (exact) mass is 232 g/mol. The molecule has 0 aromatic heterocycles. The van der Waals surface area contributed by atoms with Crippen molar-refractivity contribution in [3.05, 3.63) is 0 Å². The molecule has 0 amide bonds. The Morgan fingerprint density at radius 3 is 1.21 bits per heavy atom. The van der Waals surface area contributed by atoms with Crippen LogP contribution in [0.3, 0.4) is 0 Å². The van der Waals surface area contributed by atoms with Crippen molar-refractivity contribution in [2.45, 2.75) is 52.0 Å². The topological polar surface area (TPSA) is 0 Å². The summed E-state index contributed by atoms with van der Waals surface area (Å²) in [5, 5.41) is 1.61. The summed E-state index contributed by atoms with van der Waals surface area (Å²) in [6.45, 7) is 14.3. The first-order valence-corrected chi connectivity index (χ1v) is 7.56. The van der Waals surface area contributed by atoms with Gasteiger partial charge in [0, 0.05) is 22.0 Å². The summed E-state index contributed by atoms with van der Waals surface area (Å²) in [5.41, 5.74) is 0.881. The van der Waals surface area contributed by atoms with E-state index in [1.165, 1.54) is 11.5 Å². The van der Waals surface area contributed by atoms with Gasteiger partial charge in [-0.15, -0.1) is 0 Å². The van der Waals surface area contributed by atoms with E-state index in [1.807, 2.05) is 0 Å². The fourth-order valence-corrected chi connectivity index (χ4v) is 5.85. The van der Waals surface area contributed by atoms with Crippen molar-refractivity contribution < 1.29 is 0 Å². The predicted molar refractivity (Wildman–Crippen MR) is 71.4 cm³/mol. The zero-order valence-corrected chi connectivity index (χ0v) is 12.0. The maximum Gasteiger partial charge on any atom is 0.0220 e. The summed E-state index contributed by atoms with van der Waals surface area (Å²) < 4.78 is 0. The molecule has 1 saturated heterocycles. The molecular formula is C12H24S2. The molecule has 0 aromatic rings. The van der Waals surface area contributed by atoms with Gasteiger partial charge in [0.25, 0.3) is 0 Å². The Bertz CT molecular complexity index is 163. The van der Waals surface area contributed by atoms with Crippen LogP contribution in [0.1, 0.15) is 41.5 Å². The summed E-state index contributed by atoms with van der Waals surface area (Å²) >= 11 is 4.37. The van der Waals surface area contributed by atoms with Gasteiger partial charge < -0.3 is 0 Å². The van der Waals surface area contributed by atoms with Gasteiger partial charge in [0.1, 0.15) is 0 Å². The van der Waals surface area contributed by atoms with Crippen LogP contribution in [0.2, 0.25) is 0 Å². The quantitative estimate of drug-likeness (QED) is 0.611. The highest BCUT2D eigenvalue weighted by Gasteiger charge is 2.41. The second kappa shape index (κ2) is 4.29. The third kappa shape index (κ3) is 3.10. The van der Waals surface area contributed by atoms with Crippen molar-refractivity contribution in [3.8, 4) is 0 Å². The maximum atomic E-state index is 2.38. The number of hydrogen-bond donors (Lipinski definition) is 0. The molecule has 1 heterocycles. The molecule has 2 heteroatoms. The van der Waals surface area contributed by atoms with Crippen LogP contribution < -0.4 is 0 Å². The smallest absolute Gasteiger partial charge is 0.0220 e. The number of rotatable bonds is 0. The molecule has 0 aliphatic carbocycles. The molecule has 2 unspecified atom stereocenters. The van der Waals surface area contributed by atoms with Crippen LogP contribution in [-0.2, 0) is 0 Å². The van der Waals surface area contributed by atoms with E-state index in [-0.39, 0.29) is 0 Å². The first kappa shape index (κ1) is 12.8. The lowest BCUT2D eigenvalue weighted by Gasteiger charge is -2.45. The van der Waals surface area contributed by atoms with Crippen molar-refractivity contribution in [2.75, 3.05) is 11.5 Å². The molecule has 0 bridgehead atoms. The Balaban J connectivity index is 2.80. The van der Waals surface area contributed by atoms with Crippen LogP contribution in [-0.4, -0.2) is 22.0 Å². The van der Waals surface area contributed by atoms with Crippen molar-refractivity contribution in [1.29, 1.82) is 0 Å². The highest BCUT2D eigenvalue weighted by atomic mass is 32.2. The molecule has 0 spiro atoms. The van der Waals surface area contributed by atoms with E-state index in [4.69, 9.17) is 0 Å². The first-order valence-electron chi connectivity index (χ1n) is 5.46. The Morgan fingerprint density at radius 1 is 0.714 bits per heavy atom. The number of thioether (sulfide) groups is 2. The molecule has 14 heavy (non-hydrogen) atoms. The van der Waals surface area contributed by atoms with E-state index in [0.717, 1.165) is 10.5 Å². The summed E-state index contributed by atoms with van der Waals surface area (Å²) in [6, 6.07) is 0. The molecule has 0 N–H and O–H groups in total. The lowest BCUT2D eigenvalue weighted by molar-refractivity contribution is 0.297. The minimum atomic E-state index is 0.441. The van der Waals surface area contributed by atoms with Gasteiger partial charge in [0.05, 0.1) is 0 Å². The summed E-state index contributed by atoms with van der Waals surface area (Å²) in [6.07, 6.45) is 0. The zero-order valence-electron chi connectivity index (χ0n) is 10.4. The minimum Gasteiger partial charge on any atom is -0.156 e. The normalized spacial score (nSPS) is 30.4. The van der Waals surface area contributed by atoms with E-state index in [9.17, 15) is 0 Å². The zero-order chi connectivity index (χ0) is 11.0. The molecule has 1 aliphatic heterocycles. The van der Waals surface area contributed by atoms with Crippen molar-refractivity contribution in [3.63, 3.8) is 0 Å². The standard InChI is InChI=1S/C12H24S2/c1-11(2,3)9-10(12(4,5)6)14-8-7-13-9/h9-10H,7-8H2,1-6H3. The second-order valence-electron chi connectivity index (χ2n) is 6.31. The van der Waals surface area contributed by atoms with E-state index >= 15 is 0 Å². The average Bonchev–Trinajstić information content (AvgIpc) is 2.01. The highest BCUT2D eigenvalue weighted by Crippen LogP contribution is 2.47. The molecule has 0 nitrogen and oxygen atoms in total. The maximum absolute atomic E-state index is 2.38. The number of hydrogen-bond acceptors (Lipinski definition) is 2. The molecule has 0 radical (unpaired) electrons. The van der Waals surface area contributed by atoms with Crippen molar-refractivity contribution in [1.82, 2.24) is 0 Å². The molecule has 0 saturated carbocycles. The molecule has 1 rings (SSSR count). The van der Waals surface area contributed by atoms with Crippen LogP contribution in [0.4, 0.5) is 0 Å². The minimum absolute atomic E-state index is 0.441. The molecular weight excluding hydrogens is 208 g/mol. The van der Waals surface area contributed by atoms with Gasteiger partial charge in [-0.05, 0) is 10.8 Å². The van der Waals surface area contributed by atoms with Gasteiger partial charge in [-0.25, -0.2) is 0 Å². The van der Waals surface area contributed by atoms with Gasteiger partial charge in [-0.2, -0.15) is 23.5 Å². The van der Waals surface area contributed by atoms with Crippen LogP contribution in [0.5, 0.6) is 0 Å². The summed E-state index contributed by atoms with van der Waals surface area (Å²) in [7, 11) is 0. The van der Waals surface area contributed by atoms with Crippen molar-refractivity contribution >= 4 is 23.5 Å². The Hall–Kier alpha value is 0.700. The largest absolute Gasteiger partial charge is 0.156 e. The van der Waals surface area contributed by atoms with Crippen LogP contribution in [0.15, 0.2) is 0 Å². The average molecular weight is 232 g/mol.